The van der Waals surface area contributed by atoms with Crippen LogP contribution in [-0.2, 0) is 0 Å². The van der Waals surface area contributed by atoms with Crippen LogP contribution in [0.2, 0.25) is 0 Å². The minimum Gasteiger partial charge on any atom is -0.287 e. The third-order valence-corrected chi connectivity index (χ3v) is 4.81. The van der Waals surface area contributed by atoms with E-state index in [9.17, 15) is 4.39 Å². The Morgan fingerprint density at radius 3 is 2.39 bits per heavy atom. The number of thioether (sulfide) groups is 1. The standard InChI is InChI=1S/C19H19FN2S/c1-14(2)13-23-19-21-12-18(15-6-4-3-5-7-15)22(19)17-10-8-16(20)9-11-17/h3-12,14H,13H2,1-2H3. The molecule has 0 atom stereocenters. The second-order valence-corrected chi connectivity index (χ2v) is 6.80. The first-order chi connectivity index (χ1) is 11.1. The van der Waals surface area contributed by atoms with Crippen LogP contribution in [-0.4, -0.2) is 15.3 Å². The van der Waals surface area contributed by atoms with E-state index >= 15 is 0 Å². The Morgan fingerprint density at radius 2 is 1.74 bits per heavy atom. The van der Waals surface area contributed by atoms with Crippen molar-refractivity contribution < 1.29 is 4.39 Å². The zero-order valence-electron chi connectivity index (χ0n) is 13.2. The molecule has 0 aliphatic heterocycles. The molecule has 1 aromatic heterocycles. The first kappa shape index (κ1) is 15.8. The molecule has 0 saturated carbocycles. The lowest BCUT2D eigenvalue weighted by molar-refractivity contribution is 0.627. The van der Waals surface area contributed by atoms with E-state index in [-0.39, 0.29) is 5.82 Å². The second-order valence-electron chi connectivity index (χ2n) is 5.81. The summed E-state index contributed by atoms with van der Waals surface area (Å²) in [6.07, 6.45) is 1.89. The summed E-state index contributed by atoms with van der Waals surface area (Å²) in [6.45, 7) is 4.38. The molecule has 0 spiro atoms. The summed E-state index contributed by atoms with van der Waals surface area (Å²) in [5.74, 6) is 1.34. The summed E-state index contributed by atoms with van der Waals surface area (Å²) < 4.78 is 15.4. The number of rotatable bonds is 5. The van der Waals surface area contributed by atoms with Crippen molar-refractivity contribution in [3.63, 3.8) is 0 Å². The van der Waals surface area contributed by atoms with Crippen molar-refractivity contribution in [2.75, 3.05) is 5.75 Å². The molecule has 0 aliphatic rings. The zero-order valence-corrected chi connectivity index (χ0v) is 14.1. The van der Waals surface area contributed by atoms with Gasteiger partial charge in [0.15, 0.2) is 5.16 Å². The Hall–Kier alpha value is -2.07. The molecular weight excluding hydrogens is 307 g/mol. The predicted octanol–water partition coefficient (Wildman–Crippen LogP) is 5.43. The third kappa shape index (κ3) is 3.64. The van der Waals surface area contributed by atoms with E-state index in [1.54, 1.807) is 23.9 Å². The van der Waals surface area contributed by atoms with Gasteiger partial charge in [-0.05, 0) is 30.2 Å². The highest BCUT2D eigenvalue weighted by Crippen LogP contribution is 2.30. The van der Waals surface area contributed by atoms with Gasteiger partial charge in [-0.15, -0.1) is 0 Å². The van der Waals surface area contributed by atoms with Gasteiger partial charge >= 0.3 is 0 Å². The van der Waals surface area contributed by atoms with E-state index in [1.807, 2.05) is 24.4 Å². The highest BCUT2D eigenvalue weighted by molar-refractivity contribution is 7.99. The van der Waals surface area contributed by atoms with Gasteiger partial charge in [0.2, 0.25) is 0 Å². The topological polar surface area (TPSA) is 17.8 Å². The molecular formula is C19H19FN2S. The van der Waals surface area contributed by atoms with Crippen LogP contribution in [0.1, 0.15) is 13.8 Å². The van der Waals surface area contributed by atoms with Gasteiger partial charge in [-0.25, -0.2) is 9.37 Å². The second kappa shape index (κ2) is 7.01. The summed E-state index contributed by atoms with van der Waals surface area (Å²) in [5.41, 5.74) is 3.04. The van der Waals surface area contributed by atoms with Crippen LogP contribution in [0.5, 0.6) is 0 Å². The molecule has 1 heterocycles. The van der Waals surface area contributed by atoms with Crippen LogP contribution < -0.4 is 0 Å². The van der Waals surface area contributed by atoms with E-state index in [4.69, 9.17) is 0 Å². The van der Waals surface area contributed by atoms with Gasteiger partial charge in [0.25, 0.3) is 0 Å². The van der Waals surface area contributed by atoms with Crippen LogP contribution in [0.3, 0.4) is 0 Å². The first-order valence-corrected chi connectivity index (χ1v) is 8.65. The van der Waals surface area contributed by atoms with Crippen molar-refractivity contribution in [2.45, 2.75) is 19.0 Å². The fraction of sp³-hybridized carbons (Fsp3) is 0.211. The Morgan fingerprint density at radius 1 is 1.04 bits per heavy atom. The molecule has 0 aliphatic carbocycles. The number of nitrogens with zero attached hydrogens (tertiary/aromatic N) is 2. The lowest BCUT2D eigenvalue weighted by Gasteiger charge is -2.13. The Balaban J connectivity index is 2.08. The normalized spacial score (nSPS) is 11.1. The maximum atomic E-state index is 13.3. The molecule has 0 unspecified atom stereocenters. The fourth-order valence-electron chi connectivity index (χ4n) is 2.33. The fourth-order valence-corrected chi connectivity index (χ4v) is 3.27. The third-order valence-electron chi connectivity index (χ3n) is 3.43. The Labute approximate surface area is 140 Å². The summed E-state index contributed by atoms with van der Waals surface area (Å²) in [4.78, 5) is 4.60. The molecule has 0 fully saturated rings. The monoisotopic (exact) mass is 326 g/mol. The van der Waals surface area contributed by atoms with Crippen molar-refractivity contribution in [1.29, 1.82) is 0 Å². The van der Waals surface area contributed by atoms with Crippen molar-refractivity contribution in [3.8, 4) is 16.9 Å². The lowest BCUT2D eigenvalue weighted by atomic mass is 10.1. The van der Waals surface area contributed by atoms with Gasteiger partial charge < -0.3 is 0 Å². The SMILES string of the molecule is CC(C)CSc1ncc(-c2ccccc2)n1-c1ccc(F)cc1. The number of imidazole rings is 1. The molecule has 0 N–H and O–H groups in total. The van der Waals surface area contributed by atoms with Crippen molar-refractivity contribution in [1.82, 2.24) is 9.55 Å². The zero-order chi connectivity index (χ0) is 16.2. The van der Waals surface area contributed by atoms with E-state index < -0.39 is 0 Å². The van der Waals surface area contributed by atoms with Gasteiger partial charge in [-0.2, -0.15) is 0 Å². The van der Waals surface area contributed by atoms with E-state index in [1.165, 1.54) is 12.1 Å². The van der Waals surface area contributed by atoms with E-state index in [0.717, 1.165) is 27.9 Å². The summed E-state index contributed by atoms with van der Waals surface area (Å²) in [5, 5.41) is 0.934. The van der Waals surface area contributed by atoms with Crippen molar-refractivity contribution in [3.05, 3.63) is 66.6 Å². The van der Waals surface area contributed by atoms with E-state index in [0.29, 0.717) is 5.92 Å². The minimum atomic E-state index is -0.230. The maximum absolute atomic E-state index is 13.3. The Bertz CT molecular complexity index is 764. The predicted molar refractivity (Wildman–Crippen MR) is 94.5 cm³/mol. The quantitative estimate of drug-likeness (QED) is 0.582. The molecule has 4 heteroatoms. The molecule has 0 bridgehead atoms. The molecule has 2 nitrogen and oxygen atoms in total. The van der Waals surface area contributed by atoms with Crippen molar-refractivity contribution in [2.24, 2.45) is 5.92 Å². The van der Waals surface area contributed by atoms with Crippen LogP contribution in [0, 0.1) is 11.7 Å². The molecule has 2 aromatic carbocycles. The number of hydrogen-bond acceptors (Lipinski definition) is 2. The molecule has 0 amide bonds. The van der Waals surface area contributed by atoms with Crippen LogP contribution in [0.4, 0.5) is 4.39 Å². The number of halogens is 1. The summed E-state index contributed by atoms with van der Waals surface area (Å²) in [6, 6.07) is 16.7. The van der Waals surface area contributed by atoms with Gasteiger partial charge in [0, 0.05) is 17.0 Å². The highest BCUT2D eigenvalue weighted by atomic mass is 32.2. The average Bonchev–Trinajstić information content (AvgIpc) is 2.98. The van der Waals surface area contributed by atoms with Crippen LogP contribution >= 0.6 is 11.8 Å². The molecule has 3 rings (SSSR count). The number of hydrogen-bond donors (Lipinski definition) is 0. The van der Waals surface area contributed by atoms with Gasteiger partial charge in [0.1, 0.15) is 5.82 Å². The highest BCUT2D eigenvalue weighted by Gasteiger charge is 2.14. The summed E-state index contributed by atoms with van der Waals surface area (Å²) >= 11 is 1.73. The Kier molecular flexibility index (Phi) is 4.82. The van der Waals surface area contributed by atoms with Gasteiger partial charge in [-0.1, -0.05) is 55.9 Å². The largest absolute Gasteiger partial charge is 0.287 e. The lowest BCUT2D eigenvalue weighted by Crippen LogP contribution is -2.01. The smallest absolute Gasteiger partial charge is 0.173 e. The van der Waals surface area contributed by atoms with Gasteiger partial charge in [0.05, 0.1) is 11.9 Å². The number of aromatic nitrogens is 2. The van der Waals surface area contributed by atoms with Crippen LogP contribution in [0.15, 0.2) is 66.0 Å². The van der Waals surface area contributed by atoms with Gasteiger partial charge in [-0.3, -0.25) is 4.57 Å². The van der Waals surface area contributed by atoms with E-state index in [2.05, 4.69) is 35.5 Å². The first-order valence-electron chi connectivity index (χ1n) is 7.67. The minimum absolute atomic E-state index is 0.230. The average molecular weight is 326 g/mol. The molecule has 0 saturated heterocycles. The molecule has 23 heavy (non-hydrogen) atoms. The number of benzene rings is 2. The molecule has 0 radical (unpaired) electrons. The maximum Gasteiger partial charge on any atom is 0.173 e. The molecule has 3 aromatic rings. The van der Waals surface area contributed by atoms with Crippen molar-refractivity contribution >= 4 is 11.8 Å². The van der Waals surface area contributed by atoms with Crippen LogP contribution in [0.25, 0.3) is 16.9 Å². The molecule has 118 valence electrons. The summed E-state index contributed by atoms with van der Waals surface area (Å²) in [7, 11) is 0.